The largest absolute Gasteiger partial charge is 0.474 e. The summed E-state index contributed by atoms with van der Waals surface area (Å²) in [4.78, 5) is 24.7. The summed E-state index contributed by atoms with van der Waals surface area (Å²) in [5.41, 5.74) is 0. The maximum absolute atomic E-state index is 12.5. The molecule has 0 radical (unpaired) electrons. The van der Waals surface area contributed by atoms with E-state index in [-0.39, 0.29) is 31.6 Å². The lowest BCUT2D eigenvalue weighted by Gasteiger charge is -2.20. The van der Waals surface area contributed by atoms with Crippen LogP contribution in [0.1, 0.15) is 168 Å². The van der Waals surface area contributed by atoms with Crippen LogP contribution in [0, 0.1) is 0 Å². The van der Waals surface area contributed by atoms with Gasteiger partial charge in [-0.05, 0) is 12.8 Å². The second kappa shape index (κ2) is 30.1. The Hall–Kier alpha value is -0.950. The van der Waals surface area contributed by atoms with Crippen molar-refractivity contribution in [3.05, 3.63) is 0 Å². The Kier molecular flexibility index (Phi) is 29.4. The quantitative estimate of drug-likeness (QED) is 0.0416. The molecule has 8 nitrogen and oxygen atoms in total. The Morgan fingerprint density at radius 2 is 0.881 bits per heavy atom. The van der Waals surface area contributed by atoms with Gasteiger partial charge in [0.2, 0.25) is 0 Å². The maximum Gasteiger partial charge on any atom is 0.474 e. The molecule has 42 heavy (non-hydrogen) atoms. The highest BCUT2D eigenvalue weighted by molar-refractivity contribution is 7.48. The van der Waals surface area contributed by atoms with Crippen LogP contribution in [-0.2, 0) is 37.2 Å². The Morgan fingerprint density at radius 3 is 1.26 bits per heavy atom. The third-order valence-electron chi connectivity index (χ3n) is 7.56. The molecule has 0 saturated heterocycles. The predicted molar refractivity (Wildman–Crippen MR) is 171 cm³/mol. The number of rotatable bonds is 32. The van der Waals surface area contributed by atoms with Crippen molar-refractivity contribution in [2.24, 2.45) is 0 Å². The third kappa shape index (κ3) is 26.7. The van der Waals surface area contributed by atoms with E-state index in [4.69, 9.17) is 23.0 Å². The first kappa shape index (κ1) is 41.0. The number of phosphoric acid groups is 1. The average molecular weight is 621 g/mol. The predicted octanol–water partition coefficient (Wildman–Crippen LogP) is 10.3. The first-order chi connectivity index (χ1) is 20.4. The van der Waals surface area contributed by atoms with Gasteiger partial charge in [0.25, 0.3) is 0 Å². The van der Waals surface area contributed by atoms with Crippen molar-refractivity contribution >= 4 is 19.8 Å². The fourth-order valence-corrected chi connectivity index (χ4v) is 5.55. The summed E-state index contributed by atoms with van der Waals surface area (Å²) in [7, 11) is -1.32. The molecule has 0 rings (SSSR count). The highest BCUT2D eigenvalue weighted by atomic mass is 31.2. The zero-order valence-electron chi connectivity index (χ0n) is 27.7. The SMILES string of the molecule is CCCCCCCCCCCCCC(=O)OC[C@@H](COP(=O)(OC)OC)OC(=O)CCCCCCCCCCCCC. The zero-order chi connectivity index (χ0) is 31.2. The summed E-state index contributed by atoms with van der Waals surface area (Å²) in [6.07, 6.45) is 26.2. The zero-order valence-corrected chi connectivity index (χ0v) is 28.6. The second-order valence-corrected chi connectivity index (χ2v) is 13.4. The first-order valence-electron chi connectivity index (χ1n) is 17.1. The standard InChI is InChI=1S/C33H65O8P/c1-5-7-9-11-13-15-17-19-21-23-25-27-32(34)39-29-31(30-40-42(36,37-3)38-4)41-33(35)28-26-24-22-20-18-16-14-12-10-8-6-2/h31H,5-30H2,1-4H3/t31-/m0/s1. The molecule has 0 N–H and O–H groups in total. The summed E-state index contributed by atoms with van der Waals surface area (Å²) in [5, 5.41) is 0. The van der Waals surface area contributed by atoms with E-state index in [0.29, 0.717) is 6.42 Å². The van der Waals surface area contributed by atoms with Gasteiger partial charge < -0.3 is 9.47 Å². The van der Waals surface area contributed by atoms with E-state index in [9.17, 15) is 14.2 Å². The molecule has 0 aromatic carbocycles. The highest BCUT2D eigenvalue weighted by Gasteiger charge is 2.27. The van der Waals surface area contributed by atoms with Gasteiger partial charge in [0.05, 0.1) is 6.61 Å². The molecule has 0 aliphatic rings. The molecule has 9 heteroatoms. The van der Waals surface area contributed by atoms with Crippen LogP contribution in [0.25, 0.3) is 0 Å². The van der Waals surface area contributed by atoms with E-state index in [1.54, 1.807) is 0 Å². The Morgan fingerprint density at radius 1 is 0.524 bits per heavy atom. The number of esters is 2. The van der Waals surface area contributed by atoms with Gasteiger partial charge in [-0.1, -0.05) is 142 Å². The molecule has 0 heterocycles. The van der Waals surface area contributed by atoms with Crippen LogP contribution in [-0.4, -0.2) is 45.5 Å². The van der Waals surface area contributed by atoms with Gasteiger partial charge >= 0.3 is 19.8 Å². The summed E-state index contributed by atoms with van der Waals surface area (Å²) >= 11 is 0. The Bertz CT molecular complexity index is 664. The number of hydrogen-bond acceptors (Lipinski definition) is 8. The maximum atomic E-state index is 12.5. The van der Waals surface area contributed by atoms with E-state index >= 15 is 0 Å². The third-order valence-corrected chi connectivity index (χ3v) is 8.92. The van der Waals surface area contributed by atoms with Gasteiger partial charge in [0, 0.05) is 27.1 Å². The second-order valence-electron chi connectivity index (χ2n) is 11.5. The van der Waals surface area contributed by atoms with Crippen molar-refractivity contribution in [1.29, 1.82) is 0 Å². The van der Waals surface area contributed by atoms with Crippen molar-refractivity contribution in [1.82, 2.24) is 0 Å². The van der Waals surface area contributed by atoms with E-state index in [1.165, 1.54) is 117 Å². The van der Waals surface area contributed by atoms with Gasteiger partial charge in [-0.2, -0.15) is 0 Å². The Labute approximate surface area is 258 Å². The van der Waals surface area contributed by atoms with Gasteiger partial charge in [0.15, 0.2) is 6.10 Å². The number of phosphoric ester groups is 1. The van der Waals surface area contributed by atoms with Crippen molar-refractivity contribution < 1.29 is 37.2 Å². The molecule has 0 amide bonds. The van der Waals surface area contributed by atoms with Crippen LogP contribution in [0.5, 0.6) is 0 Å². The summed E-state index contributed by atoms with van der Waals surface area (Å²) < 4.78 is 38.0. The molecular weight excluding hydrogens is 555 g/mol. The first-order valence-corrected chi connectivity index (χ1v) is 18.6. The summed E-state index contributed by atoms with van der Waals surface area (Å²) in [6, 6.07) is 0. The van der Waals surface area contributed by atoms with Crippen molar-refractivity contribution in [3.8, 4) is 0 Å². The molecule has 0 bridgehead atoms. The van der Waals surface area contributed by atoms with Crippen LogP contribution in [0.3, 0.4) is 0 Å². The van der Waals surface area contributed by atoms with E-state index in [1.807, 2.05) is 0 Å². The number of carbonyl (C=O) groups excluding carboxylic acids is 2. The smallest absolute Gasteiger partial charge is 0.462 e. The topological polar surface area (TPSA) is 97.4 Å². The number of hydrogen-bond donors (Lipinski definition) is 0. The van der Waals surface area contributed by atoms with Gasteiger partial charge in [0.1, 0.15) is 6.61 Å². The molecule has 1 atom stereocenters. The van der Waals surface area contributed by atoms with Crippen LogP contribution in [0.4, 0.5) is 0 Å². The van der Waals surface area contributed by atoms with Crippen molar-refractivity contribution in [2.45, 2.75) is 174 Å². The van der Waals surface area contributed by atoms with E-state index < -0.39 is 13.9 Å². The highest BCUT2D eigenvalue weighted by Crippen LogP contribution is 2.47. The normalized spacial score (nSPS) is 12.4. The molecule has 0 aromatic heterocycles. The van der Waals surface area contributed by atoms with E-state index in [0.717, 1.165) is 38.5 Å². The minimum absolute atomic E-state index is 0.158. The lowest BCUT2D eigenvalue weighted by molar-refractivity contribution is -0.161. The fourth-order valence-electron chi connectivity index (χ4n) is 4.84. The van der Waals surface area contributed by atoms with Gasteiger partial charge in [-0.3, -0.25) is 23.2 Å². The number of ether oxygens (including phenoxy) is 2. The van der Waals surface area contributed by atoms with Crippen LogP contribution in [0.2, 0.25) is 0 Å². The molecule has 250 valence electrons. The minimum atomic E-state index is -3.75. The summed E-state index contributed by atoms with van der Waals surface area (Å²) in [6.45, 7) is 4.06. The minimum Gasteiger partial charge on any atom is -0.462 e. The number of unbranched alkanes of at least 4 members (excludes halogenated alkanes) is 20. The van der Waals surface area contributed by atoms with E-state index in [2.05, 4.69) is 13.8 Å². The molecule has 0 saturated carbocycles. The Balaban J connectivity index is 4.20. The molecule has 0 fully saturated rings. The van der Waals surface area contributed by atoms with Crippen LogP contribution < -0.4 is 0 Å². The molecule has 0 spiro atoms. The molecule has 0 aromatic rings. The number of carbonyl (C=O) groups is 2. The monoisotopic (exact) mass is 620 g/mol. The fraction of sp³-hybridized carbons (Fsp3) is 0.939. The van der Waals surface area contributed by atoms with Crippen molar-refractivity contribution in [3.63, 3.8) is 0 Å². The summed E-state index contributed by atoms with van der Waals surface area (Å²) in [5.74, 6) is -0.718. The molecule has 0 aliphatic heterocycles. The van der Waals surface area contributed by atoms with Gasteiger partial charge in [-0.15, -0.1) is 0 Å². The average Bonchev–Trinajstić information content (AvgIpc) is 2.99. The van der Waals surface area contributed by atoms with Crippen LogP contribution in [0.15, 0.2) is 0 Å². The van der Waals surface area contributed by atoms with Gasteiger partial charge in [-0.25, -0.2) is 4.57 Å². The molecular formula is C33H65O8P. The van der Waals surface area contributed by atoms with Crippen LogP contribution >= 0.6 is 7.82 Å². The molecule has 0 aliphatic carbocycles. The lowest BCUT2D eigenvalue weighted by atomic mass is 10.1. The van der Waals surface area contributed by atoms with Crippen molar-refractivity contribution in [2.75, 3.05) is 27.4 Å². The molecule has 0 unspecified atom stereocenters. The lowest BCUT2D eigenvalue weighted by Crippen LogP contribution is -2.29.